The number of rotatable bonds is 2. The summed E-state index contributed by atoms with van der Waals surface area (Å²) in [4.78, 5) is 18.6. The molecule has 1 aromatic heterocycles. The lowest BCUT2D eigenvalue weighted by Gasteiger charge is -2.16. The lowest BCUT2D eigenvalue weighted by atomic mass is 10.0. The van der Waals surface area contributed by atoms with E-state index in [1.807, 2.05) is 36.4 Å². The molecule has 0 radical (unpaired) electrons. The van der Waals surface area contributed by atoms with Crippen LogP contribution in [-0.4, -0.2) is 15.9 Å². The van der Waals surface area contributed by atoms with Gasteiger partial charge in [0.2, 0.25) is 0 Å². The number of nitrogens with zero attached hydrogens (tertiary/aromatic N) is 1. The number of phenols is 1. The summed E-state index contributed by atoms with van der Waals surface area (Å²) in [6.07, 6.45) is 0.417. The molecule has 148 valence electrons. The van der Waals surface area contributed by atoms with E-state index in [2.05, 4.69) is 0 Å². The van der Waals surface area contributed by atoms with E-state index in [0.717, 1.165) is 16.1 Å². The van der Waals surface area contributed by atoms with Gasteiger partial charge in [0.1, 0.15) is 22.6 Å². The van der Waals surface area contributed by atoms with E-state index in [9.17, 15) is 15.0 Å². The van der Waals surface area contributed by atoms with Crippen LogP contribution in [0, 0.1) is 0 Å². The maximum atomic E-state index is 12.8. The molecule has 0 spiro atoms. The molecule has 0 saturated carbocycles. The molecular formula is C24H17NO4S. The summed E-state index contributed by atoms with van der Waals surface area (Å²) >= 11 is 1.64. The molecular weight excluding hydrogens is 398 g/mol. The average Bonchev–Trinajstić information content (AvgIpc) is 2.94. The van der Waals surface area contributed by atoms with Crippen LogP contribution in [0.25, 0.3) is 11.0 Å². The molecule has 4 aromatic rings. The molecule has 1 atom stereocenters. The highest BCUT2D eigenvalue weighted by Crippen LogP contribution is 2.46. The van der Waals surface area contributed by atoms with Gasteiger partial charge in [0.25, 0.3) is 0 Å². The minimum absolute atomic E-state index is 0.0572. The fourth-order valence-electron chi connectivity index (χ4n) is 3.63. The van der Waals surface area contributed by atoms with Crippen molar-refractivity contribution in [1.29, 1.82) is 0 Å². The van der Waals surface area contributed by atoms with E-state index in [1.165, 1.54) is 0 Å². The van der Waals surface area contributed by atoms with E-state index in [1.54, 1.807) is 48.2 Å². The van der Waals surface area contributed by atoms with Crippen LogP contribution in [-0.2, 0) is 0 Å². The number of para-hydroxylation sites is 2. The van der Waals surface area contributed by atoms with Crippen LogP contribution >= 0.6 is 11.8 Å². The van der Waals surface area contributed by atoms with Crippen molar-refractivity contribution in [2.45, 2.75) is 16.6 Å². The third kappa shape index (κ3) is 3.25. The number of aromatic hydroxyl groups is 2. The molecule has 5 rings (SSSR count). The molecule has 0 bridgehead atoms. The molecule has 0 aliphatic carbocycles. The summed E-state index contributed by atoms with van der Waals surface area (Å²) < 4.78 is 5.48. The Labute approximate surface area is 176 Å². The second kappa shape index (κ2) is 7.39. The molecule has 1 aliphatic rings. The van der Waals surface area contributed by atoms with Gasteiger partial charge in [-0.3, -0.25) is 4.99 Å². The fourth-order valence-corrected chi connectivity index (χ4v) is 4.86. The van der Waals surface area contributed by atoms with Crippen molar-refractivity contribution >= 4 is 34.1 Å². The molecule has 30 heavy (non-hydrogen) atoms. The van der Waals surface area contributed by atoms with Crippen molar-refractivity contribution in [2.24, 2.45) is 4.99 Å². The molecule has 6 heteroatoms. The number of aliphatic imine (C=N–C) groups is 1. The summed E-state index contributed by atoms with van der Waals surface area (Å²) in [5.74, 6) is 0.0777. The molecule has 1 unspecified atom stereocenters. The topological polar surface area (TPSA) is 83.0 Å². The monoisotopic (exact) mass is 415 g/mol. The predicted octanol–water partition coefficient (Wildman–Crippen LogP) is 5.56. The van der Waals surface area contributed by atoms with E-state index < -0.39 is 5.63 Å². The second-order valence-corrected chi connectivity index (χ2v) is 8.28. The van der Waals surface area contributed by atoms with E-state index in [0.29, 0.717) is 23.1 Å². The molecule has 1 aliphatic heterocycles. The number of hydrogen-bond donors (Lipinski definition) is 2. The second-order valence-electron chi connectivity index (χ2n) is 7.04. The van der Waals surface area contributed by atoms with Crippen LogP contribution in [0.1, 0.15) is 22.8 Å². The Hall–Kier alpha value is -3.51. The van der Waals surface area contributed by atoms with E-state index in [-0.39, 0.29) is 22.3 Å². The van der Waals surface area contributed by atoms with Gasteiger partial charge in [0.15, 0.2) is 0 Å². The molecule has 5 nitrogen and oxygen atoms in total. The van der Waals surface area contributed by atoms with Crippen molar-refractivity contribution < 1.29 is 14.6 Å². The highest BCUT2D eigenvalue weighted by molar-refractivity contribution is 7.99. The Morgan fingerprint density at radius 2 is 1.67 bits per heavy atom. The summed E-state index contributed by atoms with van der Waals surface area (Å²) in [6, 6.07) is 21.6. The first kappa shape index (κ1) is 18.5. The van der Waals surface area contributed by atoms with Gasteiger partial charge in [-0.15, -0.1) is 11.8 Å². The third-order valence-corrected chi connectivity index (χ3v) is 6.43. The normalized spacial score (nSPS) is 16.0. The van der Waals surface area contributed by atoms with Gasteiger partial charge < -0.3 is 14.6 Å². The molecule has 2 heterocycles. The first-order valence-electron chi connectivity index (χ1n) is 9.47. The van der Waals surface area contributed by atoms with Crippen molar-refractivity contribution in [3.63, 3.8) is 0 Å². The standard InChI is InChI=1S/C24H17NO4S/c26-15-11-9-14(10-12-15)21-13-18(25-17-6-2-4-8-20(17)30-21)22-23(27)16-5-1-3-7-19(16)29-24(22)28/h1-12,21,26-27H,13H2. The van der Waals surface area contributed by atoms with Crippen LogP contribution in [0.2, 0.25) is 0 Å². The Morgan fingerprint density at radius 3 is 2.50 bits per heavy atom. The van der Waals surface area contributed by atoms with Crippen molar-refractivity contribution in [3.8, 4) is 11.5 Å². The number of benzene rings is 3. The summed E-state index contributed by atoms with van der Waals surface area (Å²) in [5.41, 5.74) is 2.02. The summed E-state index contributed by atoms with van der Waals surface area (Å²) in [7, 11) is 0. The van der Waals surface area contributed by atoms with Crippen LogP contribution < -0.4 is 5.63 Å². The molecule has 3 aromatic carbocycles. The average molecular weight is 415 g/mol. The minimum Gasteiger partial charge on any atom is -0.508 e. The Balaban J connectivity index is 1.70. The van der Waals surface area contributed by atoms with Gasteiger partial charge >= 0.3 is 5.63 Å². The maximum Gasteiger partial charge on any atom is 0.349 e. The van der Waals surface area contributed by atoms with Gasteiger partial charge in [-0.25, -0.2) is 4.79 Å². The van der Waals surface area contributed by atoms with Gasteiger partial charge in [-0.2, -0.15) is 0 Å². The smallest absolute Gasteiger partial charge is 0.349 e. The largest absolute Gasteiger partial charge is 0.508 e. The number of fused-ring (bicyclic) bond motifs is 2. The maximum absolute atomic E-state index is 12.8. The number of phenolic OH excluding ortho intramolecular Hbond substituents is 1. The van der Waals surface area contributed by atoms with Gasteiger partial charge in [0.05, 0.1) is 16.8 Å². The van der Waals surface area contributed by atoms with Crippen LogP contribution in [0.5, 0.6) is 11.5 Å². The Bertz CT molecular complexity index is 1340. The molecule has 0 saturated heterocycles. The SMILES string of the molecule is O=c1oc2ccccc2c(O)c1C1=Nc2ccccc2SC(c2ccc(O)cc2)C1. The lowest BCUT2D eigenvalue weighted by molar-refractivity contribution is 0.466. The van der Waals surface area contributed by atoms with Crippen molar-refractivity contribution in [2.75, 3.05) is 0 Å². The quantitative estimate of drug-likeness (QED) is 0.419. The lowest BCUT2D eigenvalue weighted by Crippen LogP contribution is -2.16. The van der Waals surface area contributed by atoms with Gasteiger partial charge in [0, 0.05) is 16.6 Å². The zero-order chi connectivity index (χ0) is 20.7. The minimum atomic E-state index is -0.612. The third-order valence-electron chi connectivity index (χ3n) is 5.11. The van der Waals surface area contributed by atoms with Crippen molar-refractivity contribution in [1.82, 2.24) is 0 Å². The van der Waals surface area contributed by atoms with E-state index >= 15 is 0 Å². The Morgan fingerprint density at radius 1 is 0.933 bits per heavy atom. The number of thioether (sulfide) groups is 1. The molecule has 0 amide bonds. The van der Waals surface area contributed by atoms with Gasteiger partial charge in [-0.05, 0) is 42.0 Å². The highest BCUT2D eigenvalue weighted by Gasteiger charge is 2.27. The van der Waals surface area contributed by atoms with Crippen LogP contribution in [0.3, 0.4) is 0 Å². The van der Waals surface area contributed by atoms with Crippen molar-refractivity contribution in [3.05, 3.63) is 94.3 Å². The summed E-state index contributed by atoms with van der Waals surface area (Å²) in [6.45, 7) is 0. The Kier molecular flexibility index (Phi) is 4.56. The molecule has 2 N–H and O–H groups in total. The van der Waals surface area contributed by atoms with Crippen LogP contribution in [0.4, 0.5) is 5.69 Å². The highest BCUT2D eigenvalue weighted by atomic mass is 32.2. The zero-order valence-corrected chi connectivity index (χ0v) is 16.6. The zero-order valence-electron chi connectivity index (χ0n) is 15.8. The predicted molar refractivity (Wildman–Crippen MR) is 118 cm³/mol. The van der Waals surface area contributed by atoms with E-state index in [4.69, 9.17) is 9.41 Å². The first-order valence-corrected chi connectivity index (χ1v) is 10.4. The fraction of sp³-hybridized carbons (Fsp3) is 0.0833. The van der Waals surface area contributed by atoms with Crippen LogP contribution in [0.15, 0.2) is 91.9 Å². The van der Waals surface area contributed by atoms with Gasteiger partial charge in [-0.1, -0.05) is 36.4 Å². The number of hydrogen-bond acceptors (Lipinski definition) is 6. The summed E-state index contributed by atoms with van der Waals surface area (Å²) in [5, 5.41) is 21.0. The molecule has 0 fully saturated rings. The first-order chi connectivity index (χ1) is 14.6.